The molecule has 0 saturated heterocycles. The Morgan fingerprint density at radius 1 is 1.08 bits per heavy atom. The second kappa shape index (κ2) is 6.72. The molecular formula is C17H14F4N2O2. The molecule has 132 valence electrons. The summed E-state index contributed by atoms with van der Waals surface area (Å²) in [6, 6.07) is 11.3. The molecule has 1 heterocycles. The number of benzene rings is 2. The largest absolute Gasteiger partial charge is 0.491 e. The Kier molecular flexibility index (Phi) is 4.63. The standard InChI is InChI=1S/C17H14F4N2O2/c18-11-5-7-13(8-6-11)25-10-12(24)9-23-15-4-2-1-3-14(15)22-16(23)17(19,20)21/h1-8,12,24H,9-10H2. The number of alkyl halides is 3. The zero-order chi connectivity index (χ0) is 18.0. The molecule has 0 radical (unpaired) electrons. The van der Waals surface area contributed by atoms with Crippen LogP contribution in [0.4, 0.5) is 17.6 Å². The molecule has 0 saturated carbocycles. The van der Waals surface area contributed by atoms with Gasteiger partial charge in [0.15, 0.2) is 0 Å². The second-order valence-electron chi connectivity index (χ2n) is 5.45. The second-order valence-corrected chi connectivity index (χ2v) is 5.45. The first kappa shape index (κ1) is 17.2. The lowest BCUT2D eigenvalue weighted by atomic mass is 10.3. The molecule has 3 rings (SSSR count). The van der Waals surface area contributed by atoms with Gasteiger partial charge < -0.3 is 14.4 Å². The molecule has 1 unspecified atom stereocenters. The third kappa shape index (κ3) is 3.90. The van der Waals surface area contributed by atoms with Gasteiger partial charge in [-0.05, 0) is 36.4 Å². The summed E-state index contributed by atoms with van der Waals surface area (Å²) < 4.78 is 58.6. The molecule has 3 aromatic rings. The smallest absolute Gasteiger partial charge is 0.449 e. The van der Waals surface area contributed by atoms with E-state index in [1.165, 1.54) is 36.4 Å². The van der Waals surface area contributed by atoms with E-state index in [4.69, 9.17) is 4.74 Å². The van der Waals surface area contributed by atoms with E-state index in [-0.39, 0.29) is 24.2 Å². The lowest BCUT2D eigenvalue weighted by molar-refractivity contribution is -0.147. The van der Waals surface area contributed by atoms with Crippen LogP contribution in [0, 0.1) is 5.82 Å². The van der Waals surface area contributed by atoms with E-state index < -0.39 is 23.9 Å². The van der Waals surface area contributed by atoms with Crippen molar-refractivity contribution in [2.45, 2.75) is 18.8 Å². The number of nitrogens with zero attached hydrogens (tertiary/aromatic N) is 2. The van der Waals surface area contributed by atoms with Gasteiger partial charge in [-0.2, -0.15) is 13.2 Å². The van der Waals surface area contributed by atoms with Gasteiger partial charge >= 0.3 is 6.18 Å². The fraction of sp³-hybridized carbons (Fsp3) is 0.235. The van der Waals surface area contributed by atoms with E-state index in [0.717, 1.165) is 4.57 Å². The number of ether oxygens (including phenoxy) is 1. The quantitative estimate of drug-likeness (QED) is 0.712. The average Bonchev–Trinajstić information content (AvgIpc) is 2.93. The van der Waals surface area contributed by atoms with Gasteiger partial charge in [-0.15, -0.1) is 0 Å². The lowest BCUT2D eigenvalue weighted by Crippen LogP contribution is -2.26. The van der Waals surface area contributed by atoms with Crippen molar-refractivity contribution in [1.82, 2.24) is 9.55 Å². The van der Waals surface area contributed by atoms with Crippen LogP contribution in [0.15, 0.2) is 48.5 Å². The third-order valence-corrected chi connectivity index (χ3v) is 3.56. The van der Waals surface area contributed by atoms with E-state index in [9.17, 15) is 22.7 Å². The zero-order valence-corrected chi connectivity index (χ0v) is 12.9. The van der Waals surface area contributed by atoms with Gasteiger partial charge in [-0.1, -0.05) is 12.1 Å². The molecule has 0 spiro atoms. The highest BCUT2D eigenvalue weighted by Gasteiger charge is 2.37. The number of aromatic nitrogens is 2. The molecule has 0 aliphatic rings. The average molecular weight is 354 g/mol. The molecule has 1 atom stereocenters. The fourth-order valence-electron chi connectivity index (χ4n) is 2.46. The van der Waals surface area contributed by atoms with Crippen molar-refractivity contribution >= 4 is 11.0 Å². The van der Waals surface area contributed by atoms with Crippen molar-refractivity contribution in [3.8, 4) is 5.75 Å². The van der Waals surface area contributed by atoms with E-state index in [0.29, 0.717) is 5.75 Å². The van der Waals surface area contributed by atoms with Crippen LogP contribution in [0.2, 0.25) is 0 Å². The van der Waals surface area contributed by atoms with E-state index in [1.807, 2.05) is 0 Å². The first-order valence-electron chi connectivity index (χ1n) is 7.43. The molecule has 0 aliphatic carbocycles. The predicted molar refractivity (Wildman–Crippen MR) is 82.6 cm³/mol. The number of para-hydroxylation sites is 2. The maximum Gasteiger partial charge on any atom is 0.449 e. The Hall–Kier alpha value is -2.61. The molecule has 0 bridgehead atoms. The maximum atomic E-state index is 13.2. The third-order valence-electron chi connectivity index (χ3n) is 3.56. The van der Waals surface area contributed by atoms with Crippen molar-refractivity contribution in [3.63, 3.8) is 0 Å². The molecule has 25 heavy (non-hydrogen) atoms. The van der Waals surface area contributed by atoms with E-state index in [2.05, 4.69) is 4.98 Å². The summed E-state index contributed by atoms with van der Waals surface area (Å²) in [6.07, 6.45) is -5.85. The van der Waals surface area contributed by atoms with Crippen LogP contribution in [-0.4, -0.2) is 27.4 Å². The highest BCUT2D eigenvalue weighted by molar-refractivity contribution is 5.76. The van der Waals surface area contributed by atoms with Gasteiger partial charge in [-0.3, -0.25) is 0 Å². The number of aliphatic hydroxyl groups is 1. The number of rotatable bonds is 5. The topological polar surface area (TPSA) is 47.3 Å². The van der Waals surface area contributed by atoms with Gasteiger partial charge in [-0.25, -0.2) is 9.37 Å². The van der Waals surface area contributed by atoms with Crippen LogP contribution in [0.3, 0.4) is 0 Å². The summed E-state index contributed by atoms with van der Waals surface area (Å²) in [6.45, 7) is -0.577. The normalized spacial score (nSPS) is 13.2. The van der Waals surface area contributed by atoms with Gasteiger partial charge in [0.2, 0.25) is 5.82 Å². The molecule has 1 aromatic heterocycles. The SMILES string of the molecule is OC(COc1ccc(F)cc1)Cn1c(C(F)(F)F)nc2ccccc21. The highest BCUT2D eigenvalue weighted by atomic mass is 19.4. The molecule has 1 N–H and O–H groups in total. The maximum absolute atomic E-state index is 13.2. The molecule has 0 aliphatic heterocycles. The van der Waals surface area contributed by atoms with Crippen molar-refractivity contribution in [2.24, 2.45) is 0 Å². The van der Waals surface area contributed by atoms with Gasteiger partial charge in [0.25, 0.3) is 0 Å². The fourth-order valence-corrected chi connectivity index (χ4v) is 2.46. The first-order chi connectivity index (χ1) is 11.8. The van der Waals surface area contributed by atoms with Gasteiger partial charge in [0, 0.05) is 0 Å². The Labute approximate surface area is 140 Å². The number of fused-ring (bicyclic) bond motifs is 1. The van der Waals surface area contributed by atoms with Crippen molar-refractivity contribution < 1.29 is 27.4 Å². The Balaban J connectivity index is 1.78. The van der Waals surface area contributed by atoms with Crippen molar-refractivity contribution in [2.75, 3.05) is 6.61 Å². The van der Waals surface area contributed by atoms with Gasteiger partial charge in [0.05, 0.1) is 17.6 Å². The summed E-state index contributed by atoms with van der Waals surface area (Å²) in [5.74, 6) is -1.20. The van der Waals surface area contributed by atoms with E-state index in [1.54, 1.807) is 12.1 Å². The summed E-state index contributed by atoms with van der Waals surface area (Å²) in [7, 11) is 0. The summed E-state index contributed by atoms with van der Waals surface area (Å²) in [5.41, 5.74) is 0.470. The van der Waals surface area contributed by atoms with Crippen LogP contribution < -0.4 is 4.74 Å². The predicted octanol–water partition coefficient (Wildman–Crippen LogP) is 3.63. The summed E-state index contributed by atoms with van der Waals surface area (Å²) >= 11 is 0. The Morgan fingerprint density at radius 2 is 1.76 bits per heavy atom. The number of aliphatic hydroxyl groups excluding tert-OH is 1. The van der Waals surface area contributed by atoms with E-state index >= 15 is 0 Å². The Bertz CT molecular complexity index is 859. The summed E-state index contributed by atoms with van der Waals surface area (Å²) in [4.78, 5) is 3.61. The van der Waals surface area contributed by atoms with Crippen LogP contribution in [0.5, 0.6) is 5.75 Å². The van der Waals surface area contributed by atoms with Crippen LogP contribution in [-0.2, 0) is 12.7 Å². The molecule has 4 nitrogen and oxygen atoms in total. The molecule has 2 aromatic carbocycles. The molecule has 0 amide bonds. The molecule has 0 fully saturated rings. The monoisotopic (exact) mass is 354 g/mol. The minimum Gasteiger partial charge on any atom is -0.491 e. The molecular weight excluding hydrogens is 340 g/mol. The lowest BCUT2D eigenvalue weighted by Gasteiger charge is -2.16. The van der Waals surface area contributed by atoms with Crippen LogP contribution >= 0.6 is 0 Å². The number of hydrogen-bond donors (Lipinski definition) is 1. The van der Waals surface area contributed by atoms with Crippen molar-refractivity contribution in [1.29, 1.82) is 0 Å². The number of hydrogen-bond acceptors (Lipinski definition) is 3. The van der Waals surface area contributed by atoms with Crippen LogP contribution in [0.25, 0.3) is 11.0 Å². The molecule has 8 heteroatoms. The zero-order valence-electron chi connectivity index (χ0n) is 12.9. The number of imidazole rings is 1. The highest BCUT2D eigenvalue weighted by Crippen LogP contribution is 2.31. The minimum atomic E-state index is -4.64. The summed E-state index contributed by atoms with van der Waals surface area (Å²) in [5, 5.41) is 10.1. The van der Waals surface area contributed by atoms with Gasteiger partial charge in [0.1, 0.15) is 24.3 Å². The first-order valence-corrected chi connectivity index (χ1v) is 7.43. The minimum absolute atomic E-state index is 0.196. The Morgan fingerprint density at radius 3 is 2.44 bits per heavy atom. The number of halogens is 4. The van der Waals surface area contributed by atoms with Crippen molar-refractivity contribution in [3.05, 3.63) is 60.2 Å². The van der Waals surface area contributed by atoms with Crippen LogP contribution in [0.1, 0.15) is 5.82 Å².